The Kier molecular flexibility index (Phi) is 4.18. The van der Waals surface area contributed by atoms with Gasteiger partial charge in [0.25, 0.3) is 0 Å². The minimum absolute atomic E-state index is 0.808. The third kappa shape index (κ3) is 2.93. The van der Waals surface area contributed by atoms with E-state index in [1.54, 1.807) is 0 Å². The molecule has 1 aromatic heterocycles. The zero-order valence-corrected chi connectivity index (χ0v) is 14.8. The number of hydrogen-bond acceptors (Lipinski definition) is 3. The van der Waals surface area contributed by atoms with Crippen LogP contribution in [0.15, 0.2) is 47.0 Å². The lowest BCUT2D eigenvalue weighted by Gasteiger charge is -2.27. The van der Waals surface area contributed by atoms with Crippen LogP contribution in [-0.2, 0) is 5.75 Å². The van der Waals surface area contributed by atoms with E-state index in [4.69, 9.17) is 16.6 Å². The molecule has 2 aromatic rings. The third-order valence-corrected chi connectivity index (χ3v) is 6.01. The van der Waals surface area contributed by atoms with Crippen molar-refractivity contribution in [2.45, 2.75) is 23.5 Å². The standard InChI is InChI=1S/C19H19ClN2S/c1-22-9-6-13(7-10-22)18-16-5-4-15(20)11-17(16)23-12-14-3-2-8-21-19(14)18/h2-5,8,11H,6-7,9-10,12H2,1H3. The highest BCUT2D eigenvalue weighted by Gasteiger charge is 2.24. The van der Waals surface area contributed by atoms with Crippen LogP contribution in [0.4, 0.5) is 0 Å². The van der Waals surface area contributed by atoms with Crippen LogP contribution in [0, 0.1) is 0 Å². The smallest absolute Gasteiger partial charge is 0.0748 e. The van der Waals surface area contributed by atoms with Gasteiger partial charge in [-0.3, -0.25) is 4.98 Å². The van der Waals surface area contributed by atoms with Crippen LogP contribution >= 0.6 is 23.4 Å². The van der Waals surface area contributed by atoms with Gasteiger partial charge in [-0.05, 0) is 49.2 Å². The van der Waals surface area contributed by atoms with Gasteiger partial charge >= 0.3 is 0 Å². The molecule has 4 heteroatoms. The number of likely N-dealkylation sites (tertiary alicyclic amines) is 1. The monoisotopic (exact) mass is 342 g/mol. The van der Waals surface area contributed by atoms with Crippen LogP contribution in [0.25, 0.3) is 5.57 Å². The molecule has 0 amide bonds. The summed E-state index contributed by atoms with van der Waals surface area (Å²) in [6.07, 6.45) is 4.16. The molecule has 0 unspecified atom stereocenters. The number of hydrogen-bond donors (Lipinski definition) is 0. The topological polar surface area (TPSA) is 16.1 Å². The first-order valence-corrected chi connectivity index (χ1v) is 9.36. The number of pyridine rings is 1. The largest absolute Gasteiger partial charge is 0.306 e. The van der Waals surface area contributed by atoms with E-state index in [0.29, 0.717) is 0 Å². The first kappa shape index (κ1) is 15.3. The molecule has 3 heterocycles. The summed E-state index contributed by atoms with van der Waals surface area (Å²) in [5.74, 6) is 0.952. The van der Waals surface area contributed by atoms with Crippen molar-refractivity contribution in [2.75, 3.05) is 20.1 Å². The Morgan fingerprint density at radius 2 is 2.00 bits per heavy atom. The highest BCUT2D eigenvalue weighted by molar-refractivity contribution is 7.98. The summed E-state index contributed by atoms with van der Waals surface area (Å²) >= 11 is 8.11. The average molecular weight is 343 g/mol. The van der Waals surface area contributed by atoms with Crippen LogP contribution in [0.5, 0.6) is 0 Å². The molecule has 118 valence electrons. The molecule has 0 bridgehead atoms. The molecule has 0 spiro atoms. The fraction of sp³-hybridized carbons (Fsp3) is 0.316. The van der Waals surface area contributed by atoms with Crippen molar-refractivity contribution < 1.29 is 0 Å². The number of halogens is 1. The van der Waals surface area contributed by atoms with Gasteiger partial charge in [0.05, 0.1) is 5.69 Å². The van der Waals surface area contributed by atoms with Gasteiger partial charge in [-0.25, -0.2) is 0 Å². The van der Waals surface area contributed by atoms with Gasteiger partial charge in [-0.1, -0.05) is 29.3 Å². The Morgan fingerprint density at radius 1 is 1.17 bits per heavy atom. The van der Waals surface area contributed by atoms with Crippen LogP contribution < -0.4 is 0 Å². The second kappa shape index (κ2) is 6.31. The van der Waals surface area contributed by atoms with E-state index in [2.05, 4.69) is 30.1 Å². The van der Waals surface area contributed by atoms with E-state index in [-0.39, 0.29) is 0 Å². The molecule has 1 aromatic carbocycles. The van der Waals surface area contributed by atoms with Crippen molar-refractivity contribution in [1.82, 2.24) is 9.88 Å². The van der Waals surface area contributed by atoms with E-state index in [1.165, 1.54) is 32.9 Å². The van der Waals surface area contributed by atoms with Crippen molar-refractivity contribution in [1.29, 1.82) is 0 Å². The molecule has 1 saturated heterocycles. The number of aromatic nitrogens is 1. The Hall–Kier alpha value is -1.29. The van der Waals surface area contributed by atoms with Gasteiger partial charge in [0.2, 0.25) is 0 Å². The summed E-state index contributed by atoms with van der Waals surface area (Å²) in [6.45, 7) is 2.24. The summed E-state index contributed by atoms with van der Waals surface area (Å²) in [5.41, 5.74) is 6.68. The zero-order valence-electron chi connectivity index (χ0n) is 13.2. The summed E-state index contributed by atoms with van der Waals surface area (Å²) in [7, 11) is 2.20. The summed E-state index contributed by atoms with van der Waals surface area (Å²) < 4.78 is 0. The van der Waals surface area contributed by atoms with E-state index in [1.807, 2.05) is 30.1 Å². The maximum absolute atomic E-state index is 6.24. The molecular weight excluding hydrogens is 324 g/mol. The molecule has 2 aliphatic rings. The van der Waals surface area contributed by atoms with E-state index in [0.717, 1.165) is 36.7 Å². The number of nitrogens with zero attached hydrogens (tertiary/aromatic N) is 2. The second-order valence-electron chi connectivity index (χ2n) is 6.22. The van der Waals surface area contributed by atoms with Crippen LogP contribution in [0.2, 0.25) is 5.02 Å². The van der Waals surface area contributed by atoms with Gasteiger partial charge in [0.1, 0.15) is 0 Å². The minimum atomic E-state index is 0.808. The number of benzene rings is 1. The van der Waals surface area contributed by atoms with Crippen molar-refractivity contribution >= 4 is 28.9 Å². The third-order valence-electron chi connectivity index (χ3n) is 4.67. The molecule has 2 nitrogen and oxygen atoms in total. The first-order valence-electron chi connectivity index (χ1n) is 8.00. The van der Waals surface area contributed by atoms with Gasteiger partial charge in [-0.15, -0.1) is 11.8 Å². The highest BCUT2D eigenvalue weighted by atomic mass is 35.5. The Bertz CT molecular complexity index is 775. The number of thioether (sulfide) groups is 1. The molecule has 0 N–H and O–H groups in total. The molecule has 1 fully saturated rings. The van der Waals surface area contributed by atoms with E-state index < -0.39 is 0 Å². The van der Waals surface area contributed by atoms with Crippen molar-refractivity contribution in [3.05, 3.63) is 63.9 Å². The van der Waals surface area contributed by atoms with Gasteiger partial charge in [-0.2, -0.15) is 0 Å². The van der Waals surface area contributed by atoms with Gasteiger partial charge < -0.3 is 4.90 Å². The second-order valence-corrected chi connectivity index (χ2v) is 7.68. The molecule has 0 atom stereocenters. The Morgan fingerprint density at radius 3 is 2.83 bits per heavy atom. The molecule has 2 aliphatic heterocycles. The lowest BCUT2D eigenvalue weighted by atomic mass is 9.89. The van der Waals surface area contributed by atoms with Gasteiger partial charge in [0, 0.05) is 40.5 Å². The summed E-state index contributed by atoms with van der Waals surface area (Å²) in [6, 6.07) is 10.5. The molecule has 0 radical (unpaired) electrons. The summed E-state index contributed by atoms with van der Waals surface area (Å²) in [4.78, 5) is 8.43. The molecule has 4 rings (SSSR count). The summed E-state index contributed by atoms with van der Waals surface area (Å²) in [5, 5.41) is 0.808. The quantitative estimate of drug-likeness (QED) is 0.679. The maximum Gasteiger partial charge on any atom is 0.0748 e. The predicted octanol–water partition coefficient (Wildman–Crippen LogP) is 4.87. The van der Waals surface area contributed by atoms with Crippen molar-refractivity contribution in [3.63, 3.8) is 0 Å². The van der Waals surface area contributed by atoms with Gasteiger partial charge in [0.15, 0.2) is 0 Å². The molecular formula is C19H19ClN2S. The molecule has 0 aliphatic carbocycles. The lowest BCUT2D eigenvalue weighted by Crippen LogP contribution is -2.27. The molecule has 0 saturated carbocycles. The average Bonchev–Trinajstić information content (AvgIpc) is 2.72. The number of fused-ring (bicyclic) bond motifs is 2. The fourth-order valence-electron chi connectivity index (χ4n) is 3.38. The minimum Gasteiger partial charge on any atom is -0.306 e. The van der Waals surface area contributed by atoms with Crippen LogP contribution in [0.1, 0.15) is 29.7 Å². The predicted molar refractivity (Wildman–Crippen MR) is 98.0 cm³/mol. The highest BCUT2D eigenvalue weighted by Crippen LogP contribution is 2.43. The van der Waals surface area contributed by atoms with Crippen molar-refractivity contribution in [2.24, 2.45) is 0 Å². The van der Waals surface area contributed by atoms with Crippen LogP contribution in [0.3, 0.4) is 0 Å². The number of rotatable bonds is 0. The lowest BCUT2D eigenvalue weighted by molar-refractivity contribution is 0.313. The Balaban J connectivity index is 1.94. The normalized spacial score (nSPS) is 18.3. The van der Waals surface area contributed by atoms with Crippen LogP contribution in [-0.4, -0.2) is 30.0 Å². The van der Waals surface area contributed by atoms with E-state index >= 15 is 0 Å². The maximum atomic E-state index is 6.24. The number of piperidine rings is 1. The molecule has 23 heavy (non-hydrogen) atoms. The zero-order chi connectivity index (χ0) is 15.8. The fourth-order valence-corrected chi connectivity index (χ4v) is 4.70. The Labute approximate surface area is 146 Å². The van der Waals surface area contributed by atoms with Crippen molar-refractivity contribution in [3.8, 4) is 0 Å². The first-order chi connectivity index (χ1) is 11.2. The van der Waals surface area contributed by atoms with E-state index in [9.17, 15) is 0 Å². The SMILES string of the molecule is CN1CCC(=C2c3ccc(Cl)cc3SCc3cccnc32)CC1.